The minimum Gasteiger partial charge on any atom is -0.462 e. The predicted octanol–water partition coefficient (Wildman–Crippen LogP) is 17.7. The first-order valence-electron chi connectivity index (χ1n) is 27.3. The Morgan fingerprint density at radius 3 is 0.934 bits per heavy atom. The van der Waals surface area contributed by atoms with Crippen LogP contribution in [0.2, 0.25) is 0 Å². The minimum atomic E-state index is -0.762. The van der Waals surface area contributed by atoms with E-state index in [1.54, 1.807) is 0 Å². The van der Waals surface area contributed by atoms with Crippen molar-refractivity contribution >= 4 is 17.9 Å². The highest BCUT2D eigenvalue weighted by atomic mass is 16.6. The Kier molecular flexibility index (Phi) is 46.6. The zero-order valence-corrected chi connectivity index (χ0v) is 41.8. The molecule has 0 aliphatic heterocycles. The standard InChI is InChI=1S/C55H106O6/c1-6-8-9-10-11-12-13-14-15-18-21-24-30-35-40-45-53(56)59-48-52(61-55(58)47-42-37-32-27-26-29-34-39-44-51(5)7-2)49-60-54(57)46-41-36-31-25-22-19-16-17-20-23-28-33-38-43-50(3)4/h50-52H,6-49H2,1-5H3/t51?,52-/m1/s1. The van der Waals surface area contributed by atoms with E-state index >= 15 is 0 Å². The normalized spacial score (nSPS) is 12.5. The van der Waals surface area contributed by atoms with Crippen LogP contribution in [0.15, 0.2) is 0 Å². The summed E-state index contributed by atoms with van der Waals surface area (Å²) in [4.78, 5) is 38.0. The lowest BCUT2D eigenvalue weighted by Crippen LogP contribution is -2.30. The monoisotopic (exact) mass is 863 g/mol. The molecule has 61 heavy (non-hydrogen) atoms. The maximum Gasteiger partial charge on any atom is 0.306 e. The van der Waals surface area contributed by atoms with E-state index in [1.165, 1.54) is 193 Å². The second kappa shape index (κ2) is 47.9. The van der Waals surface area contributed by atoms with Crippen molar-refractivity contribution in [2.75, 3.05) is 13.2 Å². The molecule has 0 amide bonds. The molecule has 2 atom stereocenters. The molecule has 6 heteroatoms. The van der Waals surface area contributed by atoms with Crippen LogP contribution in [-0.4, -0.2) is 37.2 Å². The average molecular weight is 863 g/mol. The van der Waals surface area contributed by atoms with E-state index in [-0.39, 0.29) is 31.1 Å². The molecule has 1 unspecified atom stereocenters. The first kappa shape index (κ1) is 59.4. The van der Waals surface area contributed by atoms with Gasteiger partial charge in [0, 0.05) is 19.3 Å². The first-order chi connectivity index (χ1) is 29.8. The molecule has 0 saturated heterocycles. The lowest BCUT2D eigenvalue weighted by Gasteiger charge is -2.18. The lowest BCUT2D eigenvalue weighted by atomic mass is 9.99. The van der Waals surface area contributed by atoms with Crippen molar-refractivity contribution in [1.82, 2.24) is 0 Å². The molecule has 0 N–H and O–H groups in total. The third kappa shape index (κ3) is 47.7. The topological polar surface area (TPSA) is 78.9 Å². The van der Waals surface area contributed by atoms with E-state index < -0.39 is 6.10 Å². The van der Waals surface area contributed by atoms with Gasteiger partial charge in [0.1, 0.15) is 13.2 Å². The van der Waals surface area contributed by atoms with Crippen molar-refractivity contribution in [3.8, 4) is 0 Å². The summed E-state index contributed by atoms with van der Waals surface area (Å²) in [6.45, 7) is 11.4. The Bertz CT molecular complexity index is 933. The maximum atomic E-state index is 12.8. The molecule has 0 aromatic rings. The van der Waals surface area contributed by atoms with E-state index in [9.17, 15) is 14.4 Å². The summed E-state index contributed by atoms with van der Waals surface area (Å²) < 4.78 is 16.8. The molecule has 0 aromatic carbocycles. The number of ether oxygens (including phenoxy) is 3. The van der Waals surface area contributed by atoms with E-state index in [0.717, 1.165) is 69.6 Å². The quantitative estimate of drug-likeness (QED) is 0.0344. The number of esters is 3. The Balaban J connectivity index is 4.30. The molecule has 0 saturated carbocycles. The van der Waals surface area contributed by atoms with Crippen LogP contribution in [0.3, 0.4) is 0 Å². The summed E-state index contributed by atoms with van der Waals surface area (Å²) in [5, 5.41) is 0. The number of rotatable bonds is 49. The molecule has 0 aliphatic rings. The second-order valence-electron chi connectivity index (χ2n) is 19.6. The molecule has 0 spiro atoms. The number of hydrogen-bond acceptors (Lipinski definition) is 6. The van der Waals surface area contributed by atoms with Crippen LogP contribution in [0.5, 0.6) is 0 Å². The highest BCUT2D eigenvalue weighted by Gasteiger charge is 2.19. The molecule has 0 bridgehead atoms. The molecule has 0 fully saturated rings. The van der Waals surface area contributed by atoms with Crippen molar-refractivity contribution in [3.63, 3.8) is 0 Å². The average Bonchev–Trinajstić information content (AvgIpc) is 3.24. The van der Waals surface area contributed by atoms with E-state index in [2.05, 4.69) is 34.6 Å². The van der Waals surface area contributed by atoms with Crippen LogP contribution in [0.4, 0.5) is 0 Å². The molecule has 362 valence electrons. The smallest absolute Gasteiger partial charge is 0.306 e. The summed E-state index contributed by atoms with van der Waals surface area (Å²) >= 11 is 0. The molecule has 0 heterocycles. The van der Waals surface area contributed by atoms with Crippen LogP contribution >= 0.6 is 0 Å². The van der Waals surface area contributed by atoms with Crippen LogP contribution in [-0.2, 0) is 28.6 Å². The van der Waals surface area contributed by atoms with Crippen LogP contribution < -0.4 is 0 Å². The first-order valence-corrected chi connectivity index (χ1v) is 27.3. The van der Waals surface area contributed by atoms with Crippen LogP contribution in [0.25, 0.3) is 0 Å². The van der Waals surface area contributed by atoms with Gasteiger partial charge in [-0.3, -0.25) is 14.4 Å². The fourth-order valence-electron chi connectivity index (χ4n) is 8.31. The number of unbranched alkanes of at least 4 members (excludes halogenated alkanes) is 33. The van der Waals surface area contributed by atoms with Crippen LogP contribution in [0.1, 0.15) is 304 Å². The highest BCUT2D eigenvalue weighted by Crippen LogP contribution is 2.18. The fraction of sp³-hybridized carbons (Fsp3) is 0.945. The fourth-order valence-corrected chi connectivity index (χ4v) is 8.31. The van der Waals surface area contributed by atoms with E-state index in [0.29, 0.717) is 19.3 Å². The summed E-state index contributed by atoms with van der Waals surface area (Å²) in [6.07, 6.45) is 49.4. The zero-order valence-electron chi connectivity index (χ0n) is 41.8. The van der Waals surface area contributed by atoms with Gasteiger partial charge in [-0.1, -0.05) is 266 Å². The summed E-state index contributed by atoms with van der Waals surface area (Å²) in [5.41, 5.74) is 0. The predicted molar refractivity (Wildman–Crippen MR) is 261 cm³/mol. The number of carbonyl (C=O) groups excluding carboxylic acids is 3. The van der Waals surface area contributed by atoms with Gasteiger partial charge in [0.2, 0.25) is 0 Å². The van der Waals surface area contributed by atoms with E-state index in [4.69, 9.17) is 14.2 Å². The van der Waals surface area contributed by atoms with Crippen molar-refractivity contribution in [1.29, 1.82) is 0 Å². The number of hydrogen-bond donors (Lipinski definition) is 0. The van der Waals surface area contributed by atoms with Crippen molar-refractivity contribution in [2.24, 2.45) is 11.8 Å². The van der Waals surface area contributed by atoms with Gasteiger partial charge in [0.15, 0.2) is 6.10 Å². The summed E-state index contributed by atoms with van der Waals surface area (Å²) in [6, 6.07) is 0. The third-order valence-electron chi connectivity index (χ3n) is 12.8. The Labute approximate surface area is 380 Å². The van der Waals surface area contributed by atoms with Gasteiger partial charge in [-0.05, 0) is 31.1 Å². The van der Waals surface area contributed by atoms with Gasteiger partial charge in [0.05, 0.1) is 0 Å². The number of carbonyl (C=O) groups is 3. The lowest BCUT2D eigenvalue weighted by molar-refractivity contribution is -0.167. The Morgan fingerprint density at radius 1 is 0.344 bits per heavy atom. The second-order valence-corrected chi connectivity index (χ2v) is 19.6. The van der Waals surface area contributed by atoms with E-state index in [1.807, 2.05) is 0 Å². The summed E-state index contributed by atoms with van der Waals surface area (Å²) in [7, 11) is 0. The van der Waals surface area contributed by atoms with Gasteiger partial charge >= 0.3 is 17.9 Å². The van der Waals surface area contributed by atoms with Crippen molar-refractivity contribution < 1.29 is 28.6 Å². The Hall–Kier alpha value is -1.59. The molecule has 0 rings (SSSR count). The Morgan fingerprint density at radius 2 is 0.623 bits per heavy atom. The molecular formula is C55H106O6. The third-order valence-corrected chi connectivity index (χ3v) is 12.8. The minimum absolute atomic E-state index is 0.0636. The maximum absolute atomic E-state index is 12.8. The molecule has 0 radical (unpaired) electrons. The molecule has 0 aliphatic carbocycles. The summed E-state index contributed by atoms with van der Waals surface area (Å²) in [5.74, 6) is 0.839. The van der Waals surface area contributed by atoms with Gasteiger partial charge in [-0.15, -0.1) is 0 Å². The van der Waals surface area contributed by atoms with Gasteiger partial charge in [0.25, 0.3) is 0 Å². The zero-order chi connectivity index (χ0) is 44.7. The van der Waals surface area contributed by atoms with Gasteiger partial charge in [-0.25, -0.2) is 0 Å². The largest absolute Gasteiger partial charge is 0.462 e. The van der Waals surface area contributed by atoms with Crippen molar-refractivity contribution in [2.45, 2.75) is 310 Å². The van der Waals surface area contributed by atoms with Gasteiger partial charge in [-0.2, -0.15) is 0 Å². The molecular weight excluding hydrogens is 757 g/mol. The SMILES string of the molecule is CCCCCCCCCCCCCCCCCC(=O)OC[C@H](COC(=O)CCCCCCCCCCCCCCCC(C)C)OC(=O)CCCCCCCCCCC(C)CC. The van der Waals surface area contributed by atoms with Crippen molar-refractivity contribution in [3.05, 3.63) is 0 Å². The molecule has 0 aromatic heterocycles. The highest BCUT2D eigenvalue weighted by molar-refractivity contribution is 5.71. The molecule has 6 nitrogen and oxygen atoms in total. The van der Waals surface area contributed by atoms with Crippen LogP contribution in [0, 0.1) is 11.8 Å². The van der Waals surface area contributed by atoms with Gasteiger partial charge < -0.3 is 14.2 Å².